The SMILES string of the molecule is Cc1ccc(Cc2nnc(NC(=O)c3cccc(Oc4ccccc4)c3)o2)cc1C. The largest absolute Gasteiger partial charge is 0.457 e. The highest BCUT2D eigenvalue weighted by Crippen LogP contribution is 2.22. The molecule has 0 aliphatic heterocycles. The Hall–Kier alpha value is -3.93. The summed E-state index contributed by atoms with van der Waals surface area (Å²) >= 11 is 0. The van der Waals surface area contributed by atoms with Crippen LogP contribution < -0.4 is 10.1 Å². The van der Waals surface area contributed by atoms with Crippen molar-refractivity contribution in [2.45, 2.75) is 20.3 Å². The standard InChI is InChI=1S/C24H21N3O3/c1-16-11-12-18(13-17(16)2)14-22-26-27-24(30-22)25-23(28)19-7-6-10-21(15-19)29-20-8-4-3-5-9-20/h3-13,15H,14H2,1-2H3,(H,25,27,28). The number of anilines is 1. The predicted octanol–water partition coefficient (Wildman–Crippen LogP) is 5.32. The molecule has 0 radical (unpaired) electrons. The van der Waals surface area contributed by atoms with Crippen molar-refractivity contribution < 1.29 is 13.9 Å². The summed E-state index contributed by atoms with van der Waals surface area (Å²) in [6.45, 7) is 4.13. The molecule has 6 nitrogen and oxygen atoms in total. The lowest BCUT2D eigenvalue weighted by Gasteiger charge is -2.07. The van der Waals surface area contributed by atoms with Gasteiger partial charge in [-0.3, -0.25) is 10.1 Å². The van der Waals surface area contributed by atoms with Crippen LogP contribution in [0.5, 0.6) is 11.5 Å². The van der Waals surface area contributed by atoms with Crippen molar-refractivity contribution in [1.82, 2.24) is 10.2 Å². The molecule has 3 aromatic carbocycles. The smallest absolute Gasteiger partial charge is 0.322 e. The first-order chi connectivity index (χ1) is 14.6. The van der Waals surface area contributed by atoms with Crippen molar-refractivity contribution in [1.29, 1.82) is 0 Å². The molecular formula is C24H21N3O3. The van der Waals surface area contributed by atoms with Crippen LogP contribution in [0.25, 0.3) is 0 Å². The van der Waals surface area contributed by atoms with Crippen LogP contribution in [0.2, 0.25) is 0 Å². The van der Waals surface area contributed by atoms with E-state index in [1.165, 1.54) is 11.1 Å². The summed E-state index contributed by atoms with van der Waals surface area (Å²) in [7, 11) is 0. The van der Waals surface area contributed by atoms with Gasteiger partial charge in [-0.15, -0.1) is 5.10 Å². The van der Waals surface area contributed by atoms with Crippen molar-refractivity contribution in [2.24, 2.45) is 0 Å². The Labute approximate surface area is 174 Å². The van der Waals surface area contributed by atoms with Gasteiger partial charge in [-0.2, -0.15) is 0 Å². The van der Waals surface area contributed by atoms with Crippen LogP contribution in [0.3, 0.4) is 0 Å². The molecule has 0 bridgehead atoms. The van der Waals surface area contributed by atoms with Crippen LogP contribution in [0.4, 0.5) is 6.01 Å². The molecule has 0 spiro atoms. The monoisotopic (exact) mass is 399 g/mol. The van der Waals surface area contributed by atoms with E-state index in [1.807, 2.05) is 36.4 Å². The summed E-state index contributed by atoms with van der Waals surface area (Å²) in [6, 6.07) is 22.5. The maximum atomic E-state index is 12.6. The number of para-hydroxylation sites is 1. The Morgan fingerprint density at radius 3 is 2.50 bits per heavy atom. The minimum absolute atomic E-state index is 0.0632. The Morgan fingerprint density at radius 1 is 0.900 bits per heavy atom. The zero-order valence-corrected chi connectivity index (χ0v) is 16.8. The number of benzene rings is 3. The van der Waals surface area contributed by atoms with E-state index in [4.69, 9.17) is 9.15 Å². The van der Waals surface area contributed by atoms with Crippen molar-refractivity contribution in [3.05, 3.63) is 101 Å². The number of nitrogens with one attached hydrogen (secondary N) is 1. The van der Waals surface area contributed by atoms with E-state index in [0.29, 0.717) is 29.4 Å². The summed E-state index contributed by atoms with van der Waals surface area (Å²) in [5.41, 5.74) is 3.94. The third-order valence-electron chi connectivity index (χ3n) is 4.69. The number of aromatic nitrogens is 2. The van der Waals surface area contributed by atoms with Gasteiger partial charge < -0.3 is 9.15 Å². The van der Waals surface area contributed by atoms with E-state index < -0.39 is 0 Å². The van der Waals surface area contributed by atoms with Crippen molar-refractivity contribution in [3.63, 3.8) is 0 Å². The molecule has 0 saturated heterocycles. The molecule has 0 fully saturated rings. The normalized spacial score (nSPS) is 10.6. The fourth-order valence-electron chi connectivity index (χ4n) is 2.96. The highest BCUT2D eigenvalue weighted by molar-refractivity contribution is 6.03. The summed E-state index contributed by atoms with van der Waals surface area (Å²) in [5, 5.41) is 10.6. The molecule has 0 aliphatic carbocycles. The quantitative estimate of drug-likeness (QED) is 0.475. The van der Waals surface area contributed by atoms with Crippen LogP contribution in [-0.4, -0.2) is 16.1 Å². The van der Waals surface area contributed by atoms with Gasteiger partial charge in [0.2, 0.25) is 5.89 Å². The first kappa shape index (κ1) is 19.4. The second-order valence-electron chi connectivity index (χ2n) is 6.99. The van der Waals surface area contributed by atoms with Crippen LogP contribution in [0.15, 0.2) is 77.2 Å². The van der Waals surface area contributed by atoms with Gasteiger partial charge in [0.05, 0.1) is 6.42 Å². The van der Waals surface area contributed by atoms with E-state index in [2.05, 4.69) is 41.5 Å². The van der Waals surface area contributed by atoms with Crippen LogP contribution in [-0.2, 0) is 6.42 Å². The average molecular weight is 399 g/mol. The lowest BCUT2D eigenvalue weighted by molar-refractivity contribution is 0.102. The van der Waals surface area contributed by atoms with Crippen molar-refractivity contribution >= 4 is 11.9 Å². The fourth-order valence-corrected chi connectivity index (χ4v) is 2.96. The first-order valence-corrected chi connectivity index (χ1v) is 9.60. The number of amides is 1. The predicted molar refractivity (Wildman–Crippen MR) is 114 cm³/mol. The molecule has 0 unspecified atom stereocenters. The number of hydrogen-bond acceptors (Lipinski definition) is 5. The number of carbonyl (C=O) groups excluding carboxylic acids is 1. The van der Waals surface area contributed by atoms with Gasteiger partial charge in [0.1, 0.15) is 11.5 Å². The Morgan fingerprint density at radius 2 is 1.70 bits per heavy atom. The molecule has 1 aromatic heterocycles. The highest BCUT2D eigenvalue weighted by Gasteiger charge is 2.13. The number of nitrogens with zero attached hydrogens (tertiary/aromatic N) is 2. The highest BCUT2D eigenvalue weighted by atomic mass is 16.5. The number of aryl methyl sites for hydroxylation is 2. The number of ether oxygens (including phenoxy) is 1. The van der Waals surface area contributed by atoms with Gasteiger partial charge in [-0.1, -0.05) is 47.6 Å². The van der Waals surface area contributed by atoms with Gasteiger partial charge in [-0.25, -0.2) is 0 Å². The van der Waals surface area contributed by atoms with E-state index >= 15 is 0 Å². The molecule has 4 rings (SSSR count). The van der Waals surface area contributed by atoms with Gasteiger partial charge in [0, 0.05) is 5.56 Å². The Kier molecular flexibility index (Phi) is 5.57. The van der Waals surface area contributed by atoms with E-state index in [1.54, 1.807) is 24.3 Å². The zero-order valence-electron chi connectivity index (χ0n) is 16.8. The lowest BCUT2D eigenvalue weighted by Crippen LogP contribution is -2.12. The van der Waals surface area contributed by atoms with Crippen LogP contribution in [0, 0.1) is 13.8 Å². The molecule has 0 aliphatic rings. The molecule has 30 heavy (non-hydrogen) atoms. The minimum Gasteiger partial charge on any atom is -0.457 e. The number of carbonyl (C=O) groups is 1. The molecule has 0 atom stereocenters. The summed E-state index contributed by atoms with van der Waals surface area (Å²) in [4.78, 5) is 12.6. The molecule has 0 saturated carbocycles. The molecule has 1 heterocycles. The van der Waals surface area contributed by atoms with Crippen LogP contribution >= 0.6 is 0 Å². The van der Waals surface area contributed by atoms with Crippen molar-refractivity contribution in [3.8, 4) is 11.5 Å². The summed E-state index contributed by atoms with van der Waals surface area (Å²) in [6.07, 6.45) is 0.504. The number of hydrogen-bond donors (Lipinski definition) is 1. The third kappa shape index (κ3) is 4.72. The molecule has 150 valence electrons. The zero-order chi connectivity index (χ0) is 20.9. The maximum absolute atomic E-state index is 12.6. The lowest BCUT2D eigenvalue weighted by atomic mass is 10.0. The number of rotatable bonds is 6. The fraction of sp³-hybridized carbons (Fsp3) is 0.125. The van der Waals surface area contributed by atoms with Gasteiger partial charge in [0.25, 0.3) is 5.91 Å². The summed E-state index contributed by atoms with van der Waals surface area (Å²) < 4.78 is 11.4. The first-order valence-electron chi connectivity index (χ1n) is 9.60. The average Bonchev–Trinajstić information content (AvgIpc) is 3.18. The van der Waals surface area contributed by atoms with E-state index in [0.717, 1.165) is 5.56 Å². The Bertz CT molecular complexity index is 1170. The third-order valence-corrected chi connectivity index (χ3v) is 4.69. The van der Waals surface area contributed by atoms with Gasteiger partial charge in [-0.05, 0) is 60.9 Å². The van der Waals surface area contributed by atoms with E-state index in [9.17, 15) is 4.79 Å². The second-order valence-corrected chi connectivity index (χ2v) is 6.99. The Balaban J connectivity index is 1.42. The van der Waals surface area contributed by atoms with Crippen LogP contribution in [0.1, 0.15) is 32.9 Å². The van der Waals surface area contributed by atoms with Gasteiger partial charge >= 0.3 is 6.01 Å². The second kappa shape index (κ2) is 8.61. The topological polar surface area (TPSA) is 77.2 Å². The molecule has 6 heteroatoms. The van der Waals surface area contributed by atoms with E-state index in [-0.39, 0.29) is 11.9 Å². The van der Waals surface area contributed by atoms with Gasteiger partial charge in [0.15, 0.2) is 0 Å². The summed E-state index contributed by atoms with van der Waals surface area (Å²) in [5.74, 6) is 1.35. The molecular weight excluding hydrogens is 378 g/mol. The molecule has 1 amide bonds. The minimum atomic E-state index is -0.352. The molecule has 1 N–H and O–H groups in total. The van der Waals surface area contributed by atoms with Crippen molar-refractivity contribution in [2.75, 3.05) is 5.32 Å². The molecule has 4 aromatic rings. The maximum Gasteiger partial charge on any atom is 0.322 e.